The second-order valence-corrected chi connectivity index (χ2v) is 5.41. The number of nitrogens with one attached hydrogen (secondary N) is 2. The largest absolute Gasteiger partial charge is 2.00 e. The number of hydrogen-bond acceptors (Lipinski definition) is 4. The number of alkyl halides is 2. The molecule has 25 heavy (non-hydrogen) atoms. The van der Waals surface area contributed by atoms with E-state index in [9.17, 15) is 4.79 Å². The van der Waals surface area contributed by atoms with Crippen LogP contribution in [0.4, 0.5) is 0 Å². The average molecular weight is 586 g/mol. The standard InChI is InChI=1S/C6H12N2.C2H2Cl2O2.C2H2O4.C2H4O2.Pt/c7-5-1-2-6(8)4-3-5;2*3-1(4)2(5)6;1-2(3)4;/h5-8H,1-4H2;1H,(H,5,6);(H,3,4)(H,5,6);1H3,(H,3,4);/q-2;;;;+2. The molecule has 150 valence electrons. The van der Waals surface area contributed by atoms with E-state index in [-0.39, 0.29) is 33.1 Å². The maximum atomic E-state index is 9.44. The van der Waals surface area contributed by atoms with Crippen LogP contribution >= 0.6 is 23.2 Å². The van der Waals surface area contributed by atoms with Crippen molar-refractivity contribution in [2.24, 2.45) is 0 Å². The van der Waals surface area contributed by atoms with E-state index in [4.69, 9.17) is 69.5 Å². The molecular weight excluding hydrogens is 566 g/mol. The van der Waals surface area contributed by atoms with Gasteiger partial charge in [0.15, 0.2) is 0 Å². The van der Waals surface area contributed by atoms with Crippen molar-refractivity contribution >= 4 is 47.1 Å². The molecular formula is C12H20Cl2N2O8Pt. The third-order valence-electron chi connectivity index (χ3n) is 2.10. The first-order valence-electron chi connectivity index (χ1n) is 6.40. The zero-order valence-corrected chi connectivity index (χ0v) is 16.8. The van der Waals surface area contributed by atoms with Crippen LogP contribution in [0.2, 0.25) is 0 Å². The van der Waals surface area contributed by atoms with Crippen molar-refractivity contribution in [3.05, 3.63) is 11.5 Å². The van der Waals surface area contributed by atoms with Crippen LogP contribution in [0.3, 0.4) is 0 Å². The first-order chi connectivity index (χ1) is 10.8. The molecule has 0 spiro atoms. The fourth-order valence-corrected chi connectivity index (χ4v) is 1.09. The molecule has 0 aromatic heterocycles. The van der Waals surface area contributed by atoms with Crippen molar-refractivity contribution in [3.63, 3.8) is 0 Å². The van der Waals surface area contributed by atoms with Crippen molar-refractivity contribution < 1.29 is 60.7 Å². The maximum Gasteiger partial charge on any atom is 2.00 e. The van der Waals surface area contributed by atoms with Gasteiger partial charge < -0.3 is 31.9 Å². The molecule has 1 aliphatic rings. The van der Waals surface area contributed by atoms with Crippen molar-refractivity contribution in [1.82, 2.24) is 0 Å². The molecule has 0 unspecified atom stereocenters. The van der Waals surface area contributed by atoms with Gasteiger partial charge in [-0.05, 0) is 0 Å². The summed E-state index contributed by atoms with van der Waals surface area (Å²) in [4.78, 5) is 35.3. The van der Waals surface area contributed by atoms with E-state index in [0.29, 0.717) is 0 Å². The van der Waals surface area contributed by atoms with E-state index in [1.165, 1.54) is 0 Å². The van der Waals surface area contributed by atoms with Gasteiger partial charge in [-0.15, -0.1) is 12.1 Å². The predicted octanol–water partition coefficient (Wildman–Crippen LogP) is 2.52. The van der Waals surface area contributed by atoms with E-state index in [2.05, 4.69) is 0 Å². The minimum absolute atomic E-state index is 0. The summed E-state index contributed by atoms with van der Waals surface area (Å²) in [5.74, 6) is -5.69. The Morgan fingerprint density at radius 1 is 0.840 bits per heavy atom. The molecule has 6 N–H and O–H groups in total. The molecule has 0 saturated heterocycles. The maximum absolute atomic E-state index is 9.44. The van der Waals surface area contributed by atoms with Crippen LogP contribution in [0.5, 0.6) is 0 Å². The van der Waals surface area contributed by atoms with Gasteiger partial charge in [0.05, 0.1) is 0 Å². The number of halogens is 2. The van der Waals surface area contributed by atoms with Gasteiger partial charge in [0.25, 0.3) is 5.97 Å². The molecule has 0 bridgehead atoms. The van der Waals surface area contributed by atoms with Crippen LogP contribution in [0.1, 0.15) is 32.6 Å². The van der Waals surface area contributed by atoms with Gasteiger partial charge in [0.2, 0.25) is 4.84 Å². The van der Waals surface area contributed by atoms with Gasteiger partial charge in [-0.1, -0.05) is 48.9 Å². The van der Waals surface area contributed by atoms with E-state index < -0.39 is 28.7 Å². The summed E-state index contributed by atoms with van der Waals surface area (Å²) in [6.45, 7) is 1.08. The number of hydrogen-bond donors (Lipinski definition) is 4. The fourth-order valence-electron chi connectivity index (χ4n) is 1.09. The minimum atomic E-state index is -1.82. The predicted molar refractivity (Wildman–Crippen MR) is 86.4 cm³/mol. The van der Waals surface area contributed by atoms with E-state index in [1.807, 2.05) is 0 Å². The van der Waals surface area contributed by atoms with Gasteiger partial charge >= 0.3 is 39.0 Å². The van der Waals surface area contributed by atoms with Crippen LogP contribution < -0.4 is 0 Å². The van der Waals surface area contributed by atoms with Crippen LogP contribution in [0.15, 0.2) is 0 Å². The zero-order chi connectivity index (χ0) is 19.9. The molecule has 10 nitrogen and oxygen atoms in total. The molecule has 0 aromatic carbocycles. The summed E-state index contributed by atoms with van der Waals surface area (Å²) in [6, 6.07) is 0.299. The molecule has 0 amide bonds. The zero-order valence-electron chi connectivity index (χ0n) is 13.1. The Morgan fingerprint density at radius 3 is 1.08 bits per heavy atom. The molecule has 0 atom stereocenters. The van der Waals surface area contributed by atoms with Crippen molar-refractivity contribution in [3.8, 4) is 0 Å². The quantitative estimate of drug-likeness (QED) is 0.266. The second kappa shape index (κ2) is 19.4. The Kier molecular flexibility index (Phi) is 24.7. The number of carboxylic acids is 4. The van der Waals surface area contributed by atoms with Crippen LogP contribution in [0.25, 0.3) is 11.5 Å². The molecule has 13 heteroatoms. The van der Waals surface area contributed by atoms with Crippen LogP contribution in [-0.4, -0.2) is 61.2 Å². The van der Waals surface area contributed by atoms with Gasteiger partial charge in [-0.3, -0.25) is 4.79 Å². The Hall–Kier alpha value is -0.932. The Bertz CT molecular complexity index is 379. The Labute approximate surface area is 168 Å². The first kappa shape index (κ1) is 31.8. The van der Waals surface area contributed by atoms with Gasteiger partial charge in [0, 0.05) is 6.92 Å². The molecule has 0 radical (unpaired) electrons. The third kappa shape index (κ3) is 35.1. The summed E-state index contributed by atoms with van der Waals surface area (Å²) in [7, 11) is 0. The van der Waals surface area contributed by atoms with Gasteiger partial charge in [0.1, 0.15) is 0 Å². The third-order valence-corrected chi connectivity index (χ3v) is 2.47. The van der Waals surface area contributed by atoms with Crippen molar-refractivity contribution in [2.75, 3.05) is 0 Å². The molecule has 0 heterocycles. The molecule has 0 aromatic rings. The summed E-state index contributed by atoms with van der Waals surface area (Å²) < 4.78 is 0. The van der Waals surface area contributed by atoms with Crippen molar-refractivity contribution in [1.29, 1.82) is 0 Å². The number of rotatable bonds is 1. The summed E-state index contributed by atoms with van der Waals surface area (Å²) >= 11 is 9.56. The number of carbonyl (C=O) groups is 4. The average Bonchev–Trinajstić information content (AvgIpc) is 2.42. The minimum Gasteiger partial charge on any atom is -0.675 e. The molecule has 1 rings (SSSR count). The molecule has 0 aliphatic heterocycles. The topological polar surface area (TPSA) is 197 Å². The van der Waals surface area contributed by atoms with Gasteiger partial charge in [-0.2, -0.15) is 0 Å². The monoisotopic (exact) mass is 585 g/mol. The van der Waals surface area contributed by atoms with Gasteiger partial charge in [-0.25, -0.2) is 14.4 Å². The summed E-state index contributed by atoms with van der Waals surface area (Å²) in [6.07, 6.45) is 3.81. The first-order valence-corrected chi connectivity index (χ1v) is 7.27. The second-order valence-electron chi connectivity index (χ2n) is 4.32. The summed E-state index contributed by atoms with van der Waals surface area (Å²) in [5.41, 5.74) is 14.6. The smallest absolute Gasteiger partial charge is 0.675 e. The Morgan fingerprint density at radius 2 is 1.00 bits per heavy atom. The SMILES string of the molecule is CC(=O)O.O=C(O)C(=O)O.O=C(O)C(Cl)Cl.[NH-]C1CCC([NH-])CC1.[Pt+2]. The van der Waals surface area contributed by atoms with Crippen molar-refractivity contribution in [2.45, 2.75) is 49.5 Å². The number of carboxylic acid groups (broad SMARTS) is 4. The summed E-state index contributed by atoms with van der Waals surface area (Å²) in [5, 5.41) is 29.9. The molecule has 1 saturated carbocycles. The fraction of sp³-hybridized carbons (Fsp3) is 0.667. The van der Waals surface area contributed by atoms with E-state index in [1.54, 1.807) is 0 Å². The molecule has 1 aliphatic carbocycles. The van der Waals surface area contributed by atoms with E-state index in [0.717, 1.165) is 32.6 Å². The Balaban J connectivity index is -0.000000120. The van der Waals surface area contributed by atoms with E-state index >= 15 is 0 Å². The molecule has 1 fully saturated rings. The number of aliphatic carboxylic acids is 4. The normalized spacial score (nSPS) is 17.7. The van der Waals surface area contributed by atoms with Crippen LogP contribution in [0, 0.1) is 0 Å². The van der Waals surface area contributed by atoms with Crippen LogP contribution in [-0.2, 0) is 40.2 Å².